The Morgan fingerprint density at radius 2 is 2.16 bits per heavy atom. The SMILES string of the molecule is O=C(NCCc1cccnc1)c1ccc(-n2cncn2)c([N+](=O)[O-])c1. The van der Waals surface area contributed by atoms with E-state index in [2.05, 4.69) is 20.4 Å². The minimum absolute atomic E-state index is 0.210. The second-order valence-corrected chi connectivity index (χ2v) is 5.17. The zero-order valence-electron chi connectivity index (χ0n) is 13.1. The van der Waals surface area contributed by atoms with Crippen LogP contribution < -0.4 is 5.32 Å². The molecule has 1 aromatic carbocycles. The van der Waals surface area contributed by atoms with Crippen LogP contribution in [-0.2, 0) is 6.42 Å². The molecule has 0 saturated carbocycles. The molecule has 3 rings (SSSR count). The molecule has 1 amide bonds. The summed E-state index contributed by atoms with van der Waals surface area (Å²) < 4.78 is 1.28. The standard InChI is InChI=1S/C16H14N6O3/c23-16(19-7-5-12-2-1-6-17-9-12)13-3-4-14(15(8-13)22(24)25)21-11-18-10-20-21/h1-4,6,8-11H,5,7H2,(H,19,23). The van der Waals surface area contributed by atoms with Gasteiger partial charge in [-0.25, -0.2) is 9.67 Å². The molecule has 25 heavy (non-hydrogen) atoms. The van der Waals surface area contributed by atoms with Gasteiger partial charge < -0.3 is 5.32 Å². The van der Waals surface area contributed by atoms with Gasteiger partial charge in [-0.3, -0.25) is 19.9 Å². The van der Waals surface area contributed by atoms with Crippen LogP contribution in [-0.4, -0.2) is 37.1 Å². The number of hydrogen-bond acceptors (Lipinski definition) is 6. The molecule has 3 aromatic rings. The molecule has 2 aromatic heterocycles. The number of carbonyl (C=O) groups is 1. The number of amides is 1. The first-order valence-electron chi connectivity index (χ1n) is 7.45. The minimum atomic E-state index is -0.552. The molecule has 126 valence electrons. The summed E-state index contributed by atoms with van der Waals surface area (Å²) in [6.45, 7) is 0.406. The van der Waals surface area contributed by atoms with Gasteiger partial charge in [-0.1, -0.05) is 6.07 Å². The number of nitro benzene ring substituents is 1. The number of nitrogens with zero attached hydrogens (tertiary/aromatic N) is 5. The molecule has 0 atom stereocenters. The number of carbonyl (C=O) groups excluding carboxylic acids is 1. The molecule has 0 unspecified atom stereocenters. The molecule has 1 N–H and O–H groups in total. The Balaban J connectivity index is 1.72. The highest BCUT2D eigenvalue weighted by atomic mass is 16.6. The number of nitro groups is 1. The largest absolute Gasteiger partial charge is 0.352 e. The van der Waals surface area contributed by atoms with Crippen molar-refractivity contribution in [3.8, 4) is 5.69 Å². The van der Waals surface area contributed by atoms with Crippen molar-refractivity contribution < 1.29 is 9.72 Å². The van der Waals surface area contributed by atoms with Gasteiger partial charge in [0, 0.05) is 30.6 Å². The molecule has 0 aliphatic carbocycles. The third-order valence-electron chi connectivity index (χ3n) is 3.52. The topological polar surface area (TPSA) is 116 Å². The molecule has 0 aliphatic rings. The van der Waals surface area contributed by atoms with Crippen molar-refractivity contribution in [3.63, 3.8) is 0 Å². The van der Waals surface area contributed by atoms with E-state index in [1.807, 2.05) is 12.1 Å². The first-order chi connectivity index (χ1) is 12.1. The summed E-state index contributed by atoms with van der Waals surface area (Å²) >= 11 is 0. The number of hydrogen-bond donors (Lipinski definition) is 1. The molecular weight excluding hydrogens is 324 g/mol. The summed E-state index contributed by atoms with van der Waals surface area (Å²) in [4.78, 5) is 30.7. The molecule has 2 heterocycles. The average molecular weight is 338 g/mol. The summed E-state index contributed by atoms with van der Waals surface area (Å²) in [5.41, 5.74) is 1.23. The van der Waals surface area contributed by atoms with Crippen LogP contribution in [0.25, 0.3) is 5.69 Å². The predicted octanol–water partition coefficient (Wildman–Crippen LogP) is 1.54. The second kappa shape index (κ2) is 7.30. The van der Waals surface area contributed by atoms with Crippen molar-refractivity contribution >= 4 is 11.6 Å². The van der Waals surface area contributed by atoms with E-state index in [0.717, 1.165) is 5.56 Å². The predicted molar refractivity (Wildman–Crippen MR) is 88.3 cm³/mol. The van der Waals surface area contributed by atoms with Crippen molar-refractivity contribution in [2.45, 2.75) is 6.42 Å². The van der Waals surface area contributed by atoms with Crippen LogP contribution >= 0.6 is 0 Å². The highest BCUT2D eigenvalue weighted by molar-refractivity contribution is 5.95. The molecule has 0 saturated heterocycles. The Hall–Kier alpha value is -3.62. The Labute approximate surface area is 142 Å². The maximum Gasteiger partial charge on any atom is 0.295 e. The Bertz CT molecular complexity index is 880. The lowest BCUT2D eigenvalue weighted by molar-refractivity contribution is -0.384. The van der Waals surface area contributed by atoms with Crippen LogP contribution in [0.2, 0.25) is 0 Å². The van der Waals surface area contributed by atoms with E-state index in [-0.39, 0.29) is 22.8 Å². The fourth-order valence-corrected chi connectivity index (χ4v) is 2.31. The second-order valence-electron chi connectivity index (χ2n) is 5.17. The first-order valence-corrected chi connectivity index (χ1v) is 7.45. The van der Waals surface area contributed by atoms with Gasteiger partial charge in [-0.2, -0.15) is 5.10 Å². The van der Waals surface area contributed by atoms with Gasteiger partial charge in [0.25, 0.3) is 11.6 Å². The van der Waals surface area contributed by atoms with Crippen LogP contribution in [0.5, 0.6) is 0 Å². The van der Waals surface area contributed by atoms with Crippen LogP contribution in [0, 0.1) is 10.1 Å². The molecule has 0 aliphatic heterocycles. The molecule has 9 nitrogen and oxygen atoms in total. The zero-order valence-corrected chi connectivity index (χ0v) is 13.1. The lowest BCUT2D eigenvalue weighted by atomic mass is 10.1. The van der Waals surface area contributed by atoms with Gasteiger partial charge in [-0.15, -0.1) is 0 Å². The third kappa shape index (κ3) is 3.83. The van der Waals surface area contributed by atoms with Crippen molar-refractivity contribution in [3.05, 3.63) is 76.6 Å². The third-order valence-corrected chi connectivity index (χ3v) is 3.52. The van der Waals surface area contributed by atoms with E-state index in [4.69, 9.17) is 0 Å². The number of aromatic nitrogens is 4. The maximum absolute atomic E-state index is 12.2. The van der Waals surface area contributed by atoms with Crippen LogP contribution in [0.3, 0.4) is 0 Å². The lowest BCUT2D eigenvalue weighted by Gasteiger charge is -2.07. The Kier molecular flexibility index (Phi) is 4.74. The van der Waals surface area contributed by atoms with Crippen molar-refractivity contribution in [1.29, 1.82) is 0 Å². The molecule has 0 fully saturated rings. The van der Waals surface area contributed by atoms with E-state index >= 15 is 0 Å². The summed E-state index contributed by atoms with van der Waals surface area (Å²) in [7, 11) is 0. The van der Waals surface area contributed by atoms with E-state index in [9.17, 15) is 14.9 Å². The molecule has 0 bridgehead atoms. The van der Waals surface area contributed by atoms with Gasteiger partial charge in [0.05, 0.1) is 4.92 Å². The number of rotatable bonds is 6. The van der Waals surface area contributed by atoms with E-state index in [1.54, 1.807) is 12.4 Å². The van der Waals surface area contributed by atoms with Crippen LogP contribution in [0.1, 0.15) is 15.9 Å². The zero-order chi connectivity index (χ0) is 17.6. The van der Waals surface area contributed by atoms with Gasteiger partial charge in [-0.05, 0) is 30.2 Å². The van der Waals surface area contributed by atoms with Gasteiger partial charge in [0.15, 0.2) is 0 Å². The number of pyridine rings is 1. The molecule has 0 radical (unpaired) electrons. The summed E-state index contributed by atoms with van der Waals surface area (Å²) in [5.74, 6) is -0.378. The molecule has 0 spiro atoms. The number of benzene rings is 1. The van der Waals surface area contributed by atoms with E-state index < -0.39 is 4.92 Å². The highest BCUT2D eigenvalue weighted by Gasteiger charge is 2.19. The van der Waals surface area contributed by atoms with E-state index in [1.165, 1.54) is 35.5 Å². The molecule has 9 heteroatoms. The minimum Gasteiger partial charge on any atom is -0.352 e. The van der Waals surface area contributed by atoms with Crippen molar-refractivity contribution in [2.75, 3.05) is 6.54 Å². The molecular formula is C16H14N6O3. The highest BCUT2D eigenvalue weighted by Crippen LogP contribution is 2.23. The lowest BCUT2D eigenvalue weighted by Crippen LogP contribution is -2.25. The van der Waals surface area contributed by atoms with Gasteiger partial charge >= 0.3 is 0 Å². The normalized spacial score (nSPS) is 10.4. The van der Waals surface area contributed by atoms with Crippen LogP contribution in [0.4, 0.5) is 5.69 Å². The maximum atomic E-state index is 12.2. The van der Waals surface area contributed by atoms with Gasteiger partial charge in [0.2, 0.25) is 0 Å². The van der Waals surface area contributed by atoms with E-state index in [0.29, 0.717) is 13.0 Å². The van der Waals surface area contributed by atoms with Crippen molar-refractivity contribution in [2.24, 2.45) is 0 Å². The summed E-state index contributed by atoms with van der Waals surface area (Å²) in [6.07, 6.45) is 6.67. The Morgan fingerprint density at radius 1 is 1.28 bits per heavy atom. The Morgan fingerprint density at radius 3 is 2.84 bits per heavy atom. The first kappa shape index (κ1) is 16.2. The van der Waals surface area contributed by atoms with Crippen molar-refractivity contribution in [1.82, 2.24) is 25.1 Å². The number of nitrogens with one attached hydrogen (secondary N) is 1. The van der Waals surface area contributed by atoms with Gasteiger partial charge in [0.1, 0.15) is 18.3 Å². The fourth-order valence-electron chi connectivity index (χ4n) is 2.31. The summed E-state index contributed by atoms with van der Waals surface area (Å²) in [5, 5.41) is 17.9. The average Bonchev–Trinajstić information content (AvgIpc) is 3.16. The smallest absolute Gasteiger partial charge is 0.295 e. The monoisotopic (exact) mass is 338 g/mol. The fraction of sp³-hybridized carbons (Fsp3) is 0.125. The summed E-state index contributed by atoms with van der Waals surface area (Å²) in [6, 6.07) is 7.96. The quantitative estimate of drug-likeness (QED) is 0.538. The van der Waals surface area contributed by atoms with Crippen LogP contribution in [0.15, 0.2) is 55.4 Å².